The van der Waals surface area contributed by atoms with Gasteiger partial charge in [-0.2, -0.15) is 0 Å². The maximum atomic E-state index is 13.0. The van der Waals surface area contributed by atoms with Gasteiger partial charge in [0.1, 0.15) is 11.3 Å². The average molecular weight is 475 g/mol. The molecule has 156 valence electrons. The Labute approximate surface area is 181 Å². The van der Waals surface area contributed by atoms with E-state index in [0.717, 1.165) is 4.90 Å². The molecular formula is C21H19BrN2O6. The van der Waals surface area contributed by atoms with Crippen LogP contribution in [0.4, 0.5) is 10.5 Å². The Morgan fingerprint density at radius 2 is 1.77 bits per heavy atom. The number of imide groups is 2. The number of rotatable bonds is 6. The Balaban J connectivity index is 1.99. The van der Waals surface area contributed by atoms with E-state index in [1.165, 1.54) is 20.3 Å². The molecule has 0 spiro atoms. The maximum absolute atomic E-state index is 13.0. The van der Waals surface area contributed by atoms with E-state index in [1.54, 1.807) is 36.4 Å². The highest BCUT2D eigenvalue weighted by Gasteiger charge is 2.36. The second-order valence-corrected chi connectivity index (χ2v) is 6.98. The van der Waals surface area contributed by atoms with Gasteiger partial charge in [-0.25, -0.2) is 9.69 Å². The second kappa shape index (κ2) is 9.00. The molecule has 1 saturated heterocycles. The number of ether oxygens (including phenoxy) is 3. The van der Waals surface area contributed by atoms with Crippen LogP contribution in [0.15, 0.2) is 46.4 Å². The summed E-state index contributed by atoms with van der Waals surface area (Å²) in [6.45, 7) is 2.34. The molecule has 0 unspecified atom stereocenters. The Bertz CT molecular complexity index is 1030. The molecule has 1 heterocycles. The smallest absolute Gasteiger partial charge is 0.335 e. The largest absolute Gasteiger partial charge is 0.494 e. The number of halogens is 1. The monoisotopic (exact) mass is 474 g/mol. The van der Waals surface area contributed by atoms with E-state index in [2.05, 4.69) is 21.2 Å². The summed E-state index contributed by atoms with van der Waals surface area (Å²) in [5, 5.41) is 2.19. The number of urea groups is 1. The summed E-state index contributed by atoms with van der Waals surface area (Å²) < 4.78 is 16.5. The van der Waals surface area contributed by atoms with E-state index in [1.807, 2.05) is 6.92 Å². The van der Waals surface area contributed by atoms with Crippen molar-refractivity contribution in [3.05, 3.63) is 52.0 Å². The quantitative estimate of drug-likeness (QED) is 0.508. The number of amides is 4. The minimum Gasteiger partial charge on any atom is -0.494 e. The van der Waals surface area contributed by atoms with Gasteiger partial charge in [-0.15, -0.1) is 0 Å². The number of nitrogens with one attached hydrogen (secondary N) is 1. The van der Waals surface area contributed by atoms with Crippen LogP contribution in [-0.4, -0.2) is 38.7 Å². The summed E-state index contributed by atoms with van der Waals surface area (Å²) in [4.78, 5) is 38.6. The molecule has 0 saturated carbocycles. The highest BCUT2D eigenvalue weighted by atomic mass is 79.9. The van der Waals surface area contributed by atoms with E-state index >= 15 is 0 Å². The third-order valence-corrected chi connectivity index (χ3v) is 4.86. The Morgan fingerprint density at radius 1 is 1.07 bits per heavy atom. The predicted octanol–water partition coefficient (Wildman–Crippen LogP) is 3.53. The van der Waals surface area contributed by atoms with Crippen molar-refractivity contribution in [2.45, 2.75) is 6.92 Å². The number of carbonyl (C=O) groups excluding carboxylic acids is 3. The van der Waals surface area contributed by atoms with Crippen LogP contribution in [0.2, 0.25) is 0 Å². The Hall–Kier alpha value is -3.33. The zero-order valence-electron chi connectivity index (χ0n) is 16.5. The third-order valence-electron chi connectivity index (χ3n) is 4.27. The molecule has 2 aromatic rings. The van der Waals surface area contributed by atoms with Gasteiger partial charge in [0, 0.05) is 0 Å². The van der Waals surface area contributed by atoms with Gasteiger partial charge in [-0.05, 0) is 70.9 Å². The maximum Gasteiger partial charge on any atom is 0.335 e. The lowest BCUT2D eigenvalue weighted by Crippen LogP contribution is -2.54. The van der Waals surface area contributed by atoms with Gasteiger partial charge < -0.3 is 14.2 Å². The fraction of sp³-hybridized carbons (Fsp3) is 0.190. The van der Waals surface area contributed by atoms with Crippen LogP contribution in [0.25, 0.3) is 6.08 Å². The van der Waals surface area contributed by atoms with Crippen LogP contribution in [0.3, 0.4) is 0 Å². The summed E-state index contributed by atoms with van der Waals surface area (Å²) in [5.41, 5.74) is 0.634. The molecule has 0 bridgehead atoms. The van der Waals surface area contributed by atoms with Crippen molar-refractivity contribution in [3.8, 4) is 17.2 Å². The van der Waals surface area contributed by atoms with Crippen LogP contribution in [0.1, 0.15) is 12.5 Å². The van der Waals surface area contributed by atoms with Crippen molar-refractivity contribution in [1.82, 2.24) is 5.32 Å². The van der Waals surface area contributed by atoms with Gasteiger partial charge in [0.25, 0.3) is 11.8 Å². The first-order valence-corrected chi connectivity index (χ1v) is 9.74. The van der Waals surface area contributed by atoms with Crippen molar-refractivity contribution in [2.75, 3.05) is 25.7 Å². The van der Waals surface area contributed by atoms with Crippen LogP contribution >= 0.6 is 15.9 Å². The summed E-state index contributed by atoms with van der Waals surface area (Å²) >= 11 is 3.38. The number of benzene rings is 2. The molecule has 8 nitrogen and oxygen atoms in total. The molecule has 1 aliphatic heterocycles. The first-order valence-electron chi connectivity index (χ1n) is 8.95. The lowest BCUT2D eigenvalue weighted by atomic mass is 10.1. The normalized spacial score (nSPS) is 15.3. The lowest BCUT2D eigenvalue weighted by molar-refractivity contribution is -0.122. The number of hydrogen-bond donors (Lipinski definition) is 1. The van der Waals surface area contributed by atoms with Gasteiger partial charge in [0.05, 0.1) is 31.0 Å². The molecule has 1 N–H and O–H groups in total. The SMILES string of the molecule is CCOc1ccc(N2C(=O)NC(=O)C(=Cc3cc(Br)c(OC)c(OC)c3)C2=O)cc1. The highest BCUT2D eigenvalue weighted by Crippen LogP contribution is 2.37. The van der Waals surface area contributed by atoms with Crippen molar-refractivity contribution in [3.63, 3.8) is 0 Å². The molecule has 1 aliphatic rings. The summed E-state index contributed by atoms with van der Waals surface area (Å²) in [6.07, 6.45) is 1.39. The predicted molar refractivity (Wildman–Crippen MR) is 114 cm³/mol. The van der Waals surface area contributed by atoms with Gasteiger partial charge in [-0.1, -0.05) is 0 Å². The Morgan fingerprint density at radius 3 is 2.37 bits per heavy atom. The third kappa shape index (κ3) is 4.16. The molecule has 3 rings (SSSR count). The first-order chi connectivity index (χ1) is 14.4. The van der Waals surface area contributed by atoms with Gasteiger partial charge in [0.2, 0.25) is 0 Å². The van der Waals surface area contributed by atoms with E-state index in [9.17, 15) is 14.4 Å². The zero-order valence-corrected chi connectivity index (χ0v) is 18.1. The van der Waals surface area contributed by atoms with E-state index < -0.39 is 17.8 Å². The molecule has 0 radical (unpaired) electrons. The van der Waals surface area contributed by atoms with E-state index in [0.29, 0.717) is 39.6 Å². The number of methoxy groups -OCH3 is 2. The minimum absolute atomic E-state index is 0.192. The number of barbiturate groups is 1. The number of nitrogens with zero attached hydrogens (tertiary/aromatic N) is 1. The second-order valence-electron chi connectivity index (χ2n) is 6.12. The van der Waals surface area contributed by atoms with Crippen molar-refractivity contribution < 1.29 is 28.6 Å². The van der Waals surface area contributed by atoms with Crippen LogP contribution in [-0.2, 0) is 9.59 Å². The first kappa shape index (κ1) is 21.4. The van der Waals surface area contributed by atoms with Gasteiger partial charge >= 0.3 is 6.03 Å². The number of hydrogen-bond acceptors (Lipinski definition) is 6. The van der Waals surface area contributed by atoms with Gasteiger partial charge in [0.15, 0.2) is 11.5 Å². The molecule has 2 aromatic carbocycles. The molecule has 9 heteroatoms. The zero-order chi connectivity index (χ0) is 21.8. The number of anilines is 1. The van der Waals surface area contributed by atoms with Crippen LogP contribution < -0.4 is 24.4 Å². The number of carbonyl (C=O) groups is 3. The molecule has 0 aromatic heterocycles. The molecule has 4 amide bonds. The van der Waals surface area contributed by atoms with Crippen LogP contribution in [0.5, 0.6) is 17.2 Å². The van der Waals surface area contributed by atoms with E-state index in [4.69, 9.17) is 14.2 Å². The average Bonchev–Trinajstić information content (AvgIpc) is 2.72. The fourth-order valence-corrected chi connectivity index (χ4v) is 3.56. The molecule has 30 heavy (non-hydrogen) atoms. The Kier molecular flexibility index (Phi) is 6.41. The van der Waals surface area contributed by atoms with Crippen molar-refractivity contribution in [1.29, 1.82) is 0 Å². The standard InChI is InChI=1S/C21H19BrN2O6/c1-4-30-14-7-5-13(6-8-14)24-20(26)15(19(25)23-21(24)27)9-12-10-16(22)18(29-3)17(11-12)28-2/h5-11H,4H2,1-3H3,(H,23,25,27). The summed E-state index contributed by atoms with van der Waals surface area (Å²) in [5.74, 6) is -0.0165. The summed E-state index contributed by atoms with van der Waals surface area (Å²) in [7, 11) is 2.98. The molecule has 0 atom stereocenters. The van der Waals surface area contributed by atoms with Crippen LogP contribution in [0, 0.1) is 0 Å². The summed E-state index contributed by atoms with van der Waals surface area (Å²) in [6, 6.07) is 8.91. The molecular weight excluding hydrogens is 456 g/mol. The molecule has 1 fully saturated rings. The topological polar surface area (TPSA) is 94.2 Å². The fourth-order valence-electron chi connectivity index (χ4n) is 2.94. The van der Waals surface area contributed by atoms with Crippen molar-refractivity contribution in [2.24, 2.45) is 0 Å². The molecule has 0 aliphatic carbocycles. The van der Waals surface area contributed by atoms with Gasteiger partial charge in [-0.3, -0.25) is 14.9 Å². The lowest BCUT2D eigenvalue weighted by Gasteiger charge is -2.26. The highest BCUT2D eigenvalue weighted by molar-refractivity contribution is 9.10. The van der Waals surface area contributed by atoms with Crippen molar-refractivity contribution >= 4 is 45.5 Å². The minimum atomic E-state index is -0.820. The van der Waals surface area contributed by atoms with E-state index in [-0.39, 0.29) is 5.57 Å².